The number of aliphatic carboxylic acids is 1. The van der Waals surface area contributed by atoms with Gasteiger partial charge in [0.2, 0.25) is 5.91 Å². The summed E-state index contributed by atoms with van der Waals surface area (Å²) < 4.78 is 5.15. The average Bonchev–Trinajstić information content (AvgIpc) is 3.38. The molecule has 0 bridgehead atoms. The Kier molecular flexibility index (Phi) is 7.05. The number of thiol groups is 1. The lowest BCUT2D eigenvalue weighted by molar-refractivity contribution is -0.142. The smallest absolute Gasteiger partial charge is 0.326 e. The highest BCUT2D eigenvalue weighted by Crippen LogP contribution is 2.22. The third-order valence-electron chi connectivity index (χ3n) is 4.40. The van der Waals surface area contributed by atoms with Crippen molar-refractivity contribution in [3.8, 4) is 10.6 Å². The van der Waals surface area contributed by atoms with Gasteiger partial charge in [-0.2, -0.15) is 12.6 Å². The maximum atomic E-state index is 12.6. The molecule has 0 spiro atoms. The quantitative estimate of drug-likeness (QED) is 0.450. The number of carboxylic acids is 1. The molecule has 3 rings (SSSR count). The van der Waals surface area contributed by atoms with Crippen LogP contribution in [0.15, 0.2) is 46.4 Å². The predicted molar refractivity (Wildman–Crippen MR) is 113 cm³/mol. The largest absolute Gasteiger partial charge is 0.480 e. The Morgan fingerprint density at radius 2 is 2.03 bits per heavy atom. The molecule has 0 aliphatic rings. The van der Waals surface area contributed by atoms with Gasteiger partial charge in [-0.25, -0.2) is 9.78 Å². The molecule has 3 aromatic rings. The molecule has 9 heteroatoms. The van der Waals surface area contributed by atoms with Gasteiger partial charge in [0, 0.05) is 41.8 Å². The van der Waals surface area contributed by atoms with Crippen molar-refractivity contribution in [1.29, 1.82) is 0 Å². The number of carbonyl (C=O) groups is 2. The first kappa shape index (κ1) is 21.1. The Bertz CT molecular complexity index is 955. The second-order valence-corrected chi connectivity index (χ2v) is 7.92. The predicted octanol–water partition coefficient (Wildman–Crippen LogP) is 3.01. The molecule has 152 valence electrons. The molecule has 2 heterocycles. The summed E-state index contributed by atoms with van der Waals surface area (Å²) in [5.74, 6) is -1.14. The van der Waals surface area contributed by atoms with Crippen molar-refractivity contribution in [1.82, 2.24) is 15.5 Å². The molecule has 2 unspecified atom stereocenters. The van der Waals surface area contributed by atoms with E-state index in [-0.39, 0.29) is 18.1 Å². The van der Waals surface area contributed by atoms with Crippen LogP contribution in [0.5, 0.6) is 0 Å². The fourth-order valence-electron chi connectivity index (χ4n) is 2.87. The van der Waals surface area contributed by atoms with Crippen molar-refractivity contribution < 1.29 is 19.2 Å². The van der Waals surface area contributed by atoms with Gasteiger partial charge in [0.05, 0.1) is 11.6 Å². The molecule has 7 nitrogen and oxygen atoms in total. The van der Waals surface area contributed by atoms with Crippen molar-refractivity contribution in [2.45, 2.75) is 25.8 Å². The van der Waals surface area contributed by atoms with Crippen LogP contribution in [-0.2, 0) is 22.4 Å². The minimum Gasteiger partial charge on any atom is -0.480 e. The highest BCUT2D eigenvalue weighted by Gasteiger charge is 2.26. The van der Waals surface area contributed by atoms with Crippen LogP contribution >= 0.6 is 24.0 Å². The Hall–Kier alpha value is -2.65. The van der Waals surface area contributed by atoms with Crippen molar-refractivity contribution in [3.05, 3.63) is 58.9 Å². The van der Waals surface area contributed by atoms with Gasteiger partial charge >= 0.3 is 5.97 Å². The molecular weight excluding hydrogens is 410 g/mol. The lowest BCUT2D eigenvalue weighted by Crippen LogP contribution is -2.45. The summed E-state index contributed by atoms with van der Waals surface area (Å²) in [6, 6.07) is 8.22. The van der Waals surface area contributed by atoms with Crippen LogP contribution < -0.4 is 5.32 Å². The normalized spacial score (nSPS) is 13.0. The number of nitrogens with one attached hydrogen (secondary N) is 1. The lowest BCUT2D eigenvalue weighted by Gasteiger charge is -2.19. The van der Waals surface area contributed by atoms with E-state index in [0.29, 0.717) is 12.2 Å². The first-order valence-corrected chi connectivity index (χ1v) is 10.5. The highest BCUT2D eigenvalue weighted by atomic mass is 32.1. The van der Waals surface area contributed by atoms with E-state index in [1.54, 1.807) is 19.2 Å². The number of nitrogens with zero attached hydrogens (tertiary/aromatic N) is 2. The SMILES string of the molecule is Cc1cc(CC(CS)C(=O)NC(Cc2ccc(-c3nccs3)cc2)C(=O)O)on1. The van der Waals surface area contributed by atoms with Gasteiger partial charge in [-0.1, -0.05) is 29.4 Å². The van der Waals surface area contributed by atoms with E-state index in [0.717, 1.165) is 21.8 Å². The average molecular weight is 432 g/mol. The Labute approximate surface area is 177 Å². The van der Waals surface area contributed by atoms with Gasteiger partial charge in [-0.05, 0) is 12.5 Å². The molecule has 0 aliphatic carbocycles. The second-order valence-electron chi connectivity index (χ2n) is 6.66. The highest BCUT2D eigenvalue weighted by molar-refractivity contribution is 7.80. The molecule has 0 saturated carbocycles. The van der Waals surface area contributed by atoms with Crippen LogP contribution in [0, 0.1) is 12.8 Å². The minimum atomic E-state index is -1.09. The maximum Gasteiger partial charge on any atom is 0.326 e. The maximum absolute atomic E-state index is 12.6. The Morgan fingerprint density at radius 1 is 1.28 bits per heavy atom. The van der Waals surface area contributed by atoms with Crippen LogP contribution in [0.4, 0.5) is 0 Å². The number of hydrogen-bond acceptors (Lipinski definition) is 7. The molecule has 0 radical (unpaired) electrons. The number of aromatic nitrogens is 2. The van der Waals surface area contributed by atoms with Crippen molar-refractivity contribution >= 4 is 35.8 Å². The third kappa shape index (κ3) is 5.68. The van der Waals surface area contributed by atoms with E-state index >= 15 is 0 Å². The number of amides is 1. The van der Waals surface area contributed by atoms with E-state index in [4.69, 9.17) is 4.52 Å². The summed E-state index contributed by atoms with van der Waals surface area (Å²) in [5.41, 5.74) is 2.51. The molecule has 0 fully saturated rings. The van der Waals surface area contributed by atoms with E-state index < -0.39 is 17.9 Å². The third-order valence-corrected chi connectivity index (χ3v) is 5.67. The monoisotopic (exact) mass is 431 g/mol. The van der Waals surface area contributed by atoms with Gasteiger partial charge in [-0.3, -0.25) is 4.79 Å². The molecule has 2 aromatic heterocycles. The fourth-order valence-corrected chi connectivity index (χ4v) is 3.81. The second kappa shape index (κ2) is 9.71. The zero-order valence-electron chi connectivity index (χ0n) is 15.7. The molecular formula is C20H21N3O4S2. The number of rotatable bonds is 9. The van der Waals surface area contributed by atoms with E-state index in [1.165, 1.54) is 11.3 Å². The fraction of sp³-hybridized carbons (Fsp3) is 0.300. The number of benzene rings is 1. The van der Waals surface area contributed by atoms with Gasteiger partial charge in [0.1, 0.15) is 16.8 Å². The van der Waals surface area contributed by atoms with Crippen LogP contribution in [-0.4, -0.2) is 38.9 Å². The number of carboxylic acid groups (broad SMARTS) is 1. The van der Waals surface area contributed by atoms with Crippen LogP contribution in [0.1, 0.15) is 17.0 Å². The molecule has 2 N–H and O–H groups in total. The molecule has 0 saturated heterocycles. The summed E-state index contributed by atoms with van der Waals surface area (Å²) in [6.07, 6.45) is 2.23. The van der Waals surface area contributed by atoms with E-state index in [2.05, 4.69) is 28.1 Å². The number of hydrogen-bond donors (Lipinski definition) is 3. The number of aryl methyl sites for hydroxylation is 1. The standard InChI is InChI=1S/C20H21N3O4S2/c1-12-8-16(27-23-12)10-15(11-28)18(24)22-17(20(25)26)9-13-2-4-14(5-3-13)19-21-6-7-29-19/h2-8,15,17,28H,9-11H2,1H3,(H,22,24)(H,25,26). The summed E-state index contributed by atoms with van der Waals surface area (Å²) in [4.78, 5) is 28.6. The van der Waals surface area contributed by atoms with Gasteiger partial charge in [0.15, 0.2) is 0 Å². The molecule has 29 heavy (non-hydrogen) atoms. The van der Waals surface area contributed by atoms with E-state index in [1.807, 2.05) is 29.6 Å². The van der Waals surface area contributed by atoms with Crippen molar-refractivity contribution in [2.75, 3.05) is 5.75 Å². The van der Waals surface area contributed by atoms with Crippen molar-refractivity contribution in [3.63, 3.8) is 0 Å². The minimum absolute atomic E-state index is 0.180. The number of thiazole rings is 1. The van der Waals surface area contributed by atoms with Gasteiger partial charge in [0.25, 0.3) is 0 Å². The Balaban J connectivity index is 1.64. The number of carbonyl (C=O) groups excluding carboxylic acids is 1. The van der Waals surface area contributed by atoms with Gasteiger partial charge < -0.3 is 14.9 Å². The summed E-state index contributed by atoms with van der Waals surface area (Å²) >= 11 is 5.77. The van der Waals surface area contributed by atoms with E-state index in [9.17, 15) is 14.7 Å². The lowest BCUT2D eigenvalue weighted by atomic mass is 10.0. The van der Waals surface area contributed by atoms with Gasteiger partial charge in [-0.15, -0.1) is 11.3 Å². The van der Waals surface area contributed by atoms with Crippen molar-refractivity contribution in [2.24, 2.45) is 5.92 Å². The van der Waals surface area contributed by atoms with Crippen LogP contribution in [0.3, 0.4) is 0 Å². The summed E-state index contributed by atoms with van der Waals surface area (Å²) in [6.45, 7) is 1.79. The Morgan fingerprint density at radius 3 is 2.59 bits per heavy atom. The zero-order chi connectivity index (χ0) is 20.8. The molecule has 1 aromatic carbocycles. The topological polar surface area (TPSA) is 105 Å². The zero-order valence-corrected chi connectivity index (χ0v) is 17.5. The molecule has 0 aliphatic heterocycles. The first-order valence-electron chi connectivity index (χ1n) is 9.01. The van der Waals surface area contributed by atoms with Crippen LogP contribution in [0.2, 0.25) is 0 Å². The summed E-state index contributed by atoms with van der Waals surface area (Å²) in [5, 5.41) is 18.8. The first-order chi connectivity index (χ1) is 14.0. The summed E-state index contributed by atoms with van der Waals surface area (Å²) in [7, 11) is 0. The molecule has 1 amide bonds. The molecule has 2 atom stereocenters. The van der Waals surface area contributed by atoms with Crippen LogP contribution in [0.25, 0.3) is 10.6 Å².